The number of aldehydes is 1. The van der Waals surface area contributed by atoms with Crippen LogP contribution in [0.4, 0.5) is 21.7 Å². The van der Waals surface area contributed by atoms with E-state index in [0.29, 0.717) is 51.9 Å². The molecule has 1 aliphatic rings. The molecule has 0 aromatic carbocycles. The van der Waals surface area contributed by atoms with Crippen molar-refractivity contribution in [2.24, 2.45) is 0 Å². The molecule has 4 aromatic rings. The second kappa shape index (κ2) is 8.22. The monoisotopic (exact) mass is 433 g/mol. The van der Waals surface area contributed by atoms with Crippen molar-refractivity contribution in [3.8, 4) is 17.0 Å². The Kier molecular flexibility index (Phi) is 5.10. The summed E-state index contributed by atoms with van der Waals surface area (Å²) in [6.45, 7) is 0. The molecule has 0 unspecified atom stereocenters. The molecular weight excluding hydrogens is 413 g/mol. The van der Waals surface area contributed by atoms with Crippen LogP contribution in [0.1, 0.15) is 29.6 Å². The number of methoxy groups -OCH3 is 1. The minimum atomic E-state index is -0.874. The first-order chi connectivity index (χ1) is 15.7. The highest BCUT2D eigenvalue weighted by Crippen LogP contribution is 2.36. The third-order valence-corrected chi connectivity index (χ3v) is 5.55. The summed E-state index contributed by atoms with van der Waals surface area (Å²) in [6, 6.07) is 5.38. The van der Waals surface area contributed by atoms with Gasteiger partial charge in [0.05, 0.1) is 29.9 Å². The molecule has 1 fully saturated rings. The van der Waals surface area contributed by atoms with Crippen LogP contribution in [0.5, 0.6) is 5.88 Å². The third-order valence-electron chi connectivity index (χ3n) is 5.55. The van der Waals surface area contributed by atoms with Crippen LogP contribution in [0.3, 0.4) is 0 Å². The van der Waals surface area contributed by atoms with Crippen LogP contribution < -0.4 is 15.4 Å². The molecule has 32 heavy (non-hydrogen) atoms. The van der Waals surface area contributed by atoms with Crippen LogP contribution in [0.2, 0.25) is 0 Å². The first-order valence-corrected chi connectivity index (χ1v) is 10.2. The quantitative estimate of drug-likeness (QED) is 0.295. The molecule has 4 heterocycles. The number of ether oxygens (including phenoxy) is 1. The maximum Gasteiger partial charge on any atom is 0.226 e. The van der Waals surface area contributed by atoms with Crippen molar-refractivity contribution in [3.63, 3.8) is 0 Å². The summed E-state index contributed by atoms with van der Waals surface area (Å²) in [5.41, 5.74) is 2.05. The van der Waals surface area contributed by atoms with Crippen molar-refractivity contribution in [1.82, 2.24) is 24.9 Å². The van der Waals surface area contributed by atoms with E-state index in [2.05, 4.69) is 35.6 Å². The molecule has 0 saturated heterocycles. The lowest BCUT2D eigenvalue weighted by molar-refractivity contribution is 0.111. The van der Waals surface area contributed by atoms with Gasteiger partial charge in [-0.25, -0.2) is 19.9 Å². The summed E-state index contributed by atoms with van der Waals surface area (Å²) in [5.74, 6) is 0.465. The van der Waals surface area contributed by atoms with Crippen molar-refractivity contribution >= 4 is 34.6 Å². The maximum atomic E-state index is 14.8. The van der Waals surface area contributed by atoms with Gasteiger partial charge in [0.2, 0.25) is 11.8 Å². The number of hydrogen-bond acceptors (Lipinski definition) is 8. The fourth-order valence-electron chi connectivity index (χ4n) is 3.68. The molecule has 0 spiro atoms. The number of nitrogens with zero attached hydrogens (tertiary/aromatic N) is 4. The number of aromatic amines is 1. The number of H-pyrrole nitrogens is 1. The summed E-state index contributed by atoms with van der Waals surface area (Å²) in [5, 5.41) is 7.15. The Bertz CT molecular complexity index is 1290. The van der Waals surface area contributed by atoms with Gasteiger partial charge in [0.1, 0.15) is 23.6 Å². The van der Waals surface area contributed by atoms with E-state index in [4.69, 9.17) is 4.74 Å². The summed E-state index contributed by atoms with van der Waals surface area (Å²) in [7, 11) is 1.52. The first-order valence-electron chi connectivity index (χ1n) is 10.2. The largest absolute Gasteiger partial charge is 0.481 e. The zero-order chi connectivity index (χ0) is 22.1. The van der Waals surface area contributed by atoms with Gasteiger partial charge in [-0.15, -0.1) is 0 Å². The molecule has 4 aromatic heterocycles. The Labute approximate surface area is 182 Å². The van der Waals surface area contributed by atoms with E-state index < -0.39 is 5.95 Å². The predicted octanol–water partition coefficient (Wildman–Crippen LogP) is 4.08. The molecule has 3 N–H and O–H groups in total. The van der Waals surface area contributed by atoms with Gasteiger partial charge >= 0.3 is 0 Å². The smallest absolute Gasteiger partial charge is 0.226 e. The fourth-order valence-corrected chi connectivity index (χ4v) is 3.68. The molecule has 0 amide bonds. The zero-order valence-electron chi connectivity index (χ0n) is 17.2. The Balaban J connectivity index is 1.59. The normalized spacial score (nSPS) is 13.6. The number of carbonyl (C=O) groups excluding carboxylic acids is 1. The number of fused-ring (bicyclic) bond motifs is 1. The zero-order valence-corrected chi connectivity index (χ0v) is 17.2. The molecule has 9 nitrogen and oxygen atoms in total. The van der Waals surface area contributed by atoms with Crippen LogP contribution >= 0.6 is 0 Å². The Morgan fingerprint density at radius 2 is 2.09 bits per heavy atom. The summed E-state index contributed by atoms with van der Waals surface area (Å²) in [6.07, 6.45) is 8.50. The lowest BCUT2D eigenvalue weighted by Gasteiger charge is -2.27. The molecule has 0 bridgehead atoms. The average Bonchev–Trinajstić information content (AvgIpc) is 3.21. The van der Waals surface area contributed by atoms with E-state index in [1.54, 1.807) is 30.6 Å². The molecule has 10 heteroatoms. The number of aromatic nitrogens is 5. The minimum absolute atomic E-state index is 0.136. The van der Waals surface area contributed by atoms with Gasteiger partial charge in [0.15, 0.2) is 6.29 Å². The number of hydrogen-bond donors (Lipinski definition) is 3. The fraction of sp³-hybridized carbons (Fsp3) is 0.227. The van der Waals surface area contributed by atoms with Crippen molar-refractivity contribution in [3.05, 3.63) is 48.4 Å². The molecule has 0 aliphatic heterocycles. The van der Waals surface area contributed by atoms with Crippen LogP contribution in [0.25, 0.3) is 22.2 Å². The average molecular weight is 433 g/mol. The van der Waals surface area contributed by atoms with E-state index >= 15 is 0 Å². The first kappa shape index (κ1) is 19.9. The second-order valence-electron chi connectivity index (χ2n) is 7.51. The van der Waals surface area contributed by atoms with Gasteiger partial charge in [-0.2, -0.15) is 4.39 Å². The Morgan fingerprint density at radius 3 is 2.78 bits per heavy atom. The van der Waals surface area contributed by atoms with E-state index in [1.807, 2.05) is 0 Å². The molecule has 0 atom stereocenters. The SMILES string of the molecule is COc1ccc(Nc2cc(-c3c[nH]c4ncnc(NC5CCC5)c34)c(C=O)c(F)n2)cn1. The number of rotatable bonds is 7. The minimum Gasteiger partial charge on any atom is -0.481 e. The molecule has 1 aliphatic carbocycles. The van der Waals surface area contributed by atoms with Crippen LogP contribution in [-0.2, 0) is 0 Å². The maximum absolute atomic E-state index is 14.8. The topological polar surface area (TPSA) is 118 Å². The number of anilines is 3. The molecular formula is C22H20FN7O2. The number of halogens is 1. The van der Waals surface area contributed by atoms with E-state index in [1.165, 1.54) is 19.9 Å². The number of pyridine rings is 2. The van der Waals surface area contributed by atoms with Crippen molar-refractivity contribution in [2.45, 2.75) is 25.3 Å². The molecule has 0 radical (unpaired) electrons. The lowest BCUT2D eigenvalue weighted by atomic mass is 9.93. The highest BCUT2D eigenvalue weighted by molar-refractivity contribution is 6.04. The highest BCUT2D eigenvalue weighted by Gasteiger charge is 2.23. The van der Waals surface area contributed by atoms with E-state index in [9.17, 15) is 9.18 Å². The number of nitrogens with one attached hydrogen (secondary N) is 3. The van der Waals surface area contributed by atoms with Gasteiger partial charge < -0.3 is 20.4 Å². The van der Waals surface area contributed by atoms with Crippen LogP contribution in [0, 0.1) is 5.95 Å². The molecule has 162 valence electrons. The Hall–Kier alpha value is -4.08. The molecule has 1 saturated carbocycles. The highest BCUT2D eigenvalue weighted by atomic mass is 19.1. The van der Waals surface area contributed by atoms with Crippen LogP contribution in [-0.4, -0.2) is 44.4 Å². The van der Waals surface area contributed by atoms with Gasteiger partial charge in [-0.05, 0) is 31.4 Å². The van der Waals surface area contributed by atoms with Gasteiger partial charge in [-0.3, -0.25) is 4.79 Å². The Morgan fingerprint density at radius 1 is 1.22 bits per heavy atom. The van der Waals surface area contributed by atoms with Gasteiger partial charge in [0, 0.05) is 29.4 Å². The third kappa shape index (κ3) is 3.59. The summed E-state index contributed by atoms with van der Waals surface area (Å²) < 4.78 is 19.9. The van der Waals surface area contributed by atoms with Gasteiger partial charge in [0.25, 0.3) is 0 Å². The summed E-state index contributed by atoms with van der Waals surface area (Å²) in [4.78, 5) is 31.6. The van der Waals surface area contributed by atoms with E-state index in [-0.39, 0.29) is 11.4 Å². The predicted molar refractivity (Wildman–Crippen MR) is 118 cm³/mol. The summed E-state index contributed by atoms with van der Waals surface area (Å²) >= 11 is 0. The second-order valence-corrected chi connectivity index (χ2v) is 7.51. The standard InChI is InChI=1S/C22H20FN7O2/c1-32-18-6-5-13(8-24-18)28-17-7-14(16(10-31)20(23)30-17)15-9-25-21-19(15)22(27-11-26-21)29-12-3-2-4-12/h5-12H,2-4H2,1H3,(H,28,30)(H2,25,26,27,29). The lowest BCUT2D eigenvalue weighted by Crippen LogP contribution is -2.27. The van der Waals surface area contributed by atoms with Crippen molar-refractivity contribution < 1.29 is 13.9 Å². The number of carbonyl (C=O) groups is 1. The molecule has 5 rings (SSSR count). The van der Waals surface area contributed by atoms with E-state index in [0.717, 1.165) is 12.8 Å². The van der Waals surface area contributed by atoms with Crippen molar-refractivity contribution in [1.29, 1.82) is 0 Å². The van der Waals surface area contributed by atoms with Crippen molar-refractivity contribution in [2.75, 3.05) is 17.7 Å². The van der Waals surface area contributed by atoms with Crippen LogP contribution in [0.15, 0.2) is 36.9 Å². The van der Waals surface area contributed by atoms with Gasteiger partial charge in [-0.1, -0.05) is 0 Å².